The SMILES string of the molecule is C.N.NC1=NC(=Nc2ccc(N(CCO)CCO)cc2)C(Nc2ccc(N(CCO)CCO)cc2)=CC1=O.Nc1ccc(N(CCO)CCO)cc1.Nc1ncccc1O.O.OO. The second kappa shape index (κ2) is 33.2. The number of anilines is 6. The molecule has 21 N–H and O–H groups in total. The Kier molecular flexibility index (Phi) is 30.9. The Labute approximate surface area is 366 Å². The number of aliphatic hydroxyl groups is 6. The quantitative estimate of drug-likeness (QED) is 0.0370. The summed E-state index contributed by atoms with van der Waals surface area (Å²) >= 11 is 0. The molecule has 63 heavy (non-hydrogen) atoms. The van der Waals surface area contributed by atoms with Crippen molar-refractivity contribution >= 4 is 57.4 Å². The van der Waals surface area contributed by atoms with Crippen molar-refractivity contribution in [3.05, 3.63) is 103 Å². The van der Waals surface area contributed by atoms with Crippen LogP contribution in [0, 0.1) is 0 Å². The highest BCUT2D eigenvalue weighted by atomic mass is 17.0. The van der Waals surface area contributed by atoms with E-state index < -0.39 is 5.78 Å². The Hall–Kier alpha value is -6.44. The van der Waals surface area contributed by atoms with E-state index in [1.54, 1.807) is 30.3 Å². The minimum atomic E-state index is -0.427. The number of nitrogens with one attached hydrogen (secondary N) is 1. The van der Waals surface area contributed by atoms with Crippen LogP contribution in [0.5, 0.6) is 5.75 Å². The largest absolute Gasteiger partial charge is 0.504 e. The first-order valence-corrected chi connectivity index (χ1v) is 18.6. The molecule has 22 nitrogen and oxygen atoms in total. The smallest absolute Gasteiger partial charge is 0.222 e. The highest BCUT2D eigenvalue weighted by Gasteiger charge is 2.19. The molecular weight excluding hydrogens is 823 g/mol. The summed E-state index contributed by atoms with van der Waals surface area (Å²) in [5, 5.41) is 78.5. The summed E-state index contributed by atoms with van der Waals surface area (Å²) in [5.41, 5.74) is 21.5. The number of amidine groups is 2. The number of aromatic hydroxyl groups is 1. The lowest BCUT2D eigenvalue weighted by molar-refractivity contribution is -0.176. The van der Waals surface area contributed by atoms with Crippen molar-refractivity contribution in [3.8, 4) is 5.75 Å². The van der Waals surface area contributed by atoms with Gasteiger partial charge in [0.1, 0.15) is 0 Å². The molecule has 0 radical (unpaired) electrons. The lowest BCUT2D eigenvalue weighted by Gasteiger charge is -2.23. The summed E-state index contributed by atoms with van der Waals surface area (Å²) in [5.74, 6) is -0.134. The number of nitrogen functional groups attached to an aromatic ring is 2. The first kappa shape index (κ1) is 58.7. The Balaban J connectivity index is 0. The number of nitrogens with two attached hydrogens (primary N) is 3. The fourth-order valence-corrected chi connectivity index (χ4v) is 5.38. The van der Waals surface area contributed by atoms with E-state index in [4.69, 9.17) is 43.0 Å². The van der Waals surface area contributed by atoms with Gasteiger partial charge in [0.2, 0.25) is 5.78 Å². The number of benzene rings is 3. The number of ketones is 1. The fourth-order valence-electron chi connectivity index (χ4n) is 5.38. The molecule has 0 saturated heterocycles. The second-order valence-corrected chi connectivity index (χ2v) is 12.3. The van der Waals surface area contributed by atoms with Gasteiger partial charge in [-0.15, -0.1) is 0 Å². The first-order valence-electron chi connectivity index (χ1n) is 18.6. The van der Waals surface area contributed by atoms with Gasteiger partial charge in [0, 0.05) is 80.0 Å². The third-order valence-electron chi connectivity index (χ3n) is 8.25. The Morgan fingerprint density at radius 2 is 1.02 bits per heavy atom. The molecule has 0 amide bonds. The molecule has 0 saturated carbocycles. The molecule has 1 aliphatic heterocycles. The molecular formula is C41H65N11O11. The monoisotopic (exact) mass is 887 g/mol. The number of hydrogen-bond donors (Lipinski definition) is 14. The zero-order chi connectivity index (χ0) is 44.3. The molecule has 0 atom stereocenters. The normalized spacial score (nSPS) is 11.7. The summed E-state index contributed by atoms with van der Waals surface area (Å²) in [6.07, 6.45) is 2.87. The average molecular weight is 888 g/mol. The van der Waals surface area contributed by atoms with E-state index in [1.165, 1.54) is 18.3 Å². The lowest BCUT2D eigenvalue weighted by atomic mass is 10.2. The summed E-state index contributed by atoms with van der Waals surface area (Å²) in [6.45, 7) is 2.63. The Bertz CT molecular complexity index is 1880. The van der Waals surface area contributed by atoms with E-state index in [0.29, 0.717) is 62.0 Å². The van der Waals surface area contributed by atoms with Crippen molar-refractivity contribution in [2.75, 3.05) is 110 Å². The fraction of sp³-hybridized carbons (Fsp3) is 0.317. The van der Waals surface area contributed by atoms with Crippen LogP contribution in [-0.4, -0.2) is 153 Å². The standard InChI is InChI=1S/C25H32N6O5.C10H16N2O2.C5H6N2O.CH4.H3N.H2O2.H2O/c26-24-23(36)17-22(27-18-1-5-20(6-2-18)30(9-13-32)10-14-33)25(29-24)28-19-3-7-21(8-4-19)31(11-15-34)12-16-35;11-9-1-3-10(4-2-9)12(5-7-13)6-8-14;6-5-4(8)2-1-3-7-5;;;1-2;/h1-8,17,27,32-35H,9-16H2,(H2,26,28,29);1-4,13-14H,5-8,11H2;1-3,8H,(H2,6,7);1H4;1H3;1-2H;1H2. The number of hydrogen-bond acceptors (Lipinski definition) is 20. The predicted octanol–water partition coefficient (Wildman–Crippen LogP) is 0.655. The summed E-state index contributed by atoms with van der Waals surface area (Å²) in [4.78, 5) is 30.1. The van der Waals surface area contributed by atoms with Crippen LogP contribution in [0.15, 0.2) is 113 Å². The number of aliphatic hydroxyl groups excluding tert-OH is 6. The molecule has 1 aromatic heterocycles. The van der Waals surface area contributed by atoms with Crippen LogP contribution in [0.25, 0.3) is 0 Å². The van der Waals surface area contributed by atoms with Gasteiger partial charge in [-0.25, -0.2) is 15.0 Å². The molecule has 0 fully saturated rings. The lowest BCUT2D eigenvalue weighted by Crippen LogP contribution is -2.30. The maximum absolute atomic E-state index is 12.2. The van der Waals surface area contributed by atoms with Crippen molar-refractivity contribution in [2.45, 2.75) is 7.43 Å². The van der Waals surface area contributed by atoms with Gasteiger partial charge in [0.25, 0.3) is 0 Å². The molecule has 0 bridgehead atoms. The maximum Gasteiger partial charge on any atom is 0.222 e. The molecule has 1 aliphatic rings. The van der Waals surface area contributed by atoms with Crippen LogP contribution in [0.2, 0.25) is 0 Å². The van der Waals surface area contributed by atoms with Gasteiger partial charge in [-0.3, -0.25) is 15.3 Å². The van der Waals surface area contributed by atoms with E-state index in [2.05, 4.69) is 20.3 Å². The number of aromatic nitrogens is 1. The van der Waals surface area contributed by atoms with E-state index in [1.807, 2.05) is 63.2 Å². The number of dihydropyridines is 1. The minimum absolute atomic E-state index is 0. The van der Waals surface area contributed by atoms with Crippen LogP contribution in [0.1, 0.15) is 7.43 Å². The first-order chi connectivity index (χ1) is 29.1. The minimum Gasteiger partial charge on any atom is -0.504 e. The number of carbonyl (C=O) groups excluding carboxylic acids is 1. The summed E-state index contributed by atoms with van der Waals surface area (Å²) in [6, 6.07) is 25.0. The van der Waals surface area contributed by atoms with E-state index in [9.17, 15) is 25.2 Å². The van der Waals surface area contributed by atoms with E-state index in [-0.39, 0.29) is 81.9 Å². The molecule has 2 heterocycles. The van der Waals surface area contributed by atoms with Crippen molar-refractivity contribution in [1.29, 1.82) is 0 Å². The topological polar surface area (TPSA) is 403 Å². The van der Waals surface area contributed by atoms with Gasteiger partial charge in [0.05, 0.1) is 51.0 Å². The number of nitrogens with zero attached hydrogens (tertiary/aromatic N) is 6. The van der Waals surface area contributed by atoms with Crippen LogP contribution in [0.3, 0.4) is 0 Å². The molecule has 4 aromatic rings. The van der Waals surface area contributed by atoms with Crippen molar-refractivity contribution in [1.82, 2.24) is 11.1 Å². The van der Waals surface area contributed by atoms with E-state index >= 15 is 0 Å². The van der Waals surface area contributed by atoms with Gasteiger partial charge in [-0.1, -0.05) is 7.43 Å². The van der Waals surface area contributed by atoms with Crippen molar-refractivity contribution in [3.63, 3.8) is 0 Å². The van der Waals surface area contributed by atoms with Gasteiger partial charge >= 0.3 is 0 Å². The van der Waals surface area contributed by atoms with Crippen LogP contribution >= 0.6 is 0 Å². The second-order valence-electron chi connectivity index (χ2n) is 12.3. The average Bonchev–Trinajstić information content (AvgIpc) is 3.25. The van der Waals surface area contributed by atoms with Gasteiger partial charge in [-0.2, -0.15) is 0 Å². The molecule has 5 rings (SSSR count). The highest BCUT2D eigenvalue weighted by molar-refractivity contribution is 6.47. The number of rotatable bonds is 18. The van der Waals surface area contributed by atoms with E-state index in [0.717, 1.165) is 17.1 Å². The predicted molar refractivity (Wildman–Crippen MR) is 249 cm³/mol. The molecule has 0 spiro atoms. The number of aliphatic imine (C=N–C) groups is 2. The third-order valence-corrected chi connectivity index (χ3v) is 8.25. The Morgan fingerprint density at radius 1 is 0.619 bits per heavy atom. The van der Waals surface area contributed by atoms with Crippen molar-refractivity contribution < 1.29 is 56.5 Å². The molecule has 3 aromatic carbocycles. The summed E-state index contributed by atoms with van der Waals surface area (Å²) < 4.78 is 0. The highest BCUT2D eigenvalue weighted by Crippen LogP contribution is 2.24. The van der Waals surface area contributed by atoms with Crippen LogP contribution < -0.4 is 43.4 Å². The maximum atomic E-state index is 12.2. The van der Waals surface area contributed by atoms with Gasteiger partial charge in [-0.05, 0) is 84.9 Å². The van der Waals surface area contributed by atoms with Crippen LogP contribution in [-0.2, 0) is 4.79 Å². The zero-order valence-corrected chi connectivity index (χ0v) is 34.3. The molecule has 0 aliphatic carbocycles. The molecule has 350 valence electrons. The van der Waals surface area contributed by atoms with Crippen LogP contribution in [0.4, 0.5) is 39.9 Å². The third kappa shape index (κ3) is 20.3. The van der Waals surface area contributed by atoms with Gasteiger partial charge < -0.3 is 84.6 Å². The van der Waals surface area contributed by atoms with Crippen molar-refractivity contribution in [2.24, 2.45) is 15.7 Å². The zero-order valence-electron chi connectivity index (χ0n) is 34.3. The van der Waals surface area contributed by atoms with Gasteiger partial charge in [0.15, 0.2) is 23.2 Å². The molecule has 22 heteroatoms. The Morgan fingerprint density at radius 3 is 1.38 bits per heavy atom. The number of pyridine rings is 1. The number of carbonyl (C=O) groups is 1. The summed E-state index contributed by atoms with van der Waals surface area (Å²) in [7, 11) is 0. The molecule has 0 unspecified atom stereocenters.